The van der Waals surface area contributed by atoms with Crippen LogP contribution >= 0.6 is 11.3 Å². The average Bonchev–Trinajstić information content (AvgIpc) is 2.74. The zero-order valence-corrected chi connectivity index (χ0v) is 14.2. The summed E-state index contributed by atoms with van der Waals surface area (Å²) in [6.07, 6.45) is 2.47. The molecule has 1 rings (SSSR count). The van der Waals surface area contributed by atoms with Gasteiger partial charge in [-0.25, -0.2) is 4.98 Å². The highest BCUT2D eigenvalue weighted by molar-refractivity contribution is 7.15. The van der Waals surface area contributed by atoms with Crippen molar-refractivity contribution >= 4 is 16.5 Å². The molecular weight excluding hydrogens is 254 g/mol. The van der Waals surface area contributed by atoms with Gasteiger partial charge in [0.2, 0.25) is 0 Å². The third kappa shape index (κ3) is 4.46. The number of unbranched alkanes of at least 4 members (excludes halogenated alkanes) is 1. The van der Waals surface area contributed by atoms with E-state index in [0.717, 1.165) is 19.6 Å². The van der Waals surface area contributed by atoms with Gasteiger partial charge in [0.05, 0.1) is 5.69 Å². The molecule has 0 aliphatic rings. The highest BCUT2D eigenvalue weighted by Crippen LogP contribution is 2.33. The normalized spacial score (nSPS) is 11.9. The number of nitrogens with one attached hydrogen (secondary N) is 1. The summed E-state index contributed by atoms with van der Waals surface area (Å²) in [7, 11) is 2.00. The summed E-state index contributed by atoms with van der Waals surface area (Å²) < 4.78 is 0. The van der Waals surface area contributed by atoms with Crippen LogP contribution in [0.5, 0.6) is 0 Å². The van der Waals surface area contributed by atoms with E-state index in [2.05, 4.69) is 44.8 Å². The largest absolute Gasteiger partial charge is 0.348 e. The van der Waals surface area contributed by atoms with Crippen LogP contribution in [-0.4, -0.2) is 25.1 Å². The van der Waals surface area contributed by atoms with E-state index in [1.807, 2.05) is 18.4 Å². The van der Waals surface area contributed by atoms with Crippen LogP contribution in [-0.2, 0) is 12.0 Å². The summed E-state index contributed by atoms with van der Waals surface area (Å²) >= 11 is 1.85. The first-order chi connectivity index (χ1) is 8.93. The number of nitrogens with zero attached hydrogens (tertiary/aromatic N) is 2. The summed E-state index contributed by atoms with van der Waals surface area (Å²) in [5, 5.41) is 4.45. The van der Waals surface area contributed by atoms with Gasteiger partial charge in [-0.05, 0) is 20.4 Å². The molecule has 0 aliphatic heterocycles. The molecule has 1 N–H and O–H groups in total. The van der Waals surface area contributed by atoms with Crippen molar-refractivity contribution in [2.75, 3.05) is 25.0 Å². The molecule has 0 aliphatic carbocycles. The molecular formula is C15H29N3S. The van der Waals surface area contributed by atoms with E-state index in [9.17, 15) is 0 Å². The third-order valence-corrected chi connectivity index (χ3v) is 4.28. The van der Waals surface area contributed by atoms with Gasteiger partial charge in [0, 0.05) is 29.9 Å². The molecule has 0 atom stereocenters. The Hall–Kier alpha value is -0.610. The van der Waals surface area contributed by atoms with E-state index in [1.54, 1.807) is 0 Å². The second-order valence-electron chi connectivity index (χ2n) is 5.98. The molecule has 0 unspecified atom stereocenters. The van der Waals surface area contributed by atoms with Gasteiger partial charge in [0.15, 0.2) is 5.13 Å². The van der Waals surface area contributed by atoms with Gasteiger partial charge in [0.1, 0.15) is 0 Å². The second-order valence-corrected chi connectivity index (χ2v) is 7.04. The molecule has 0 aromatic carbocycles. The molecule has 110 valence electrons. The Morgan fingerprint density at radius 1 is 1.26 bits per heavy atom. The average molecular weight is 283 g/mol. The maximum Gasteiger partial charge on any atom is 0.185 e. The summed E-state index contributed by atoms with van der Waals surface area (Å²) in [5.74, 6) is 0. The molecule has 19 heavy (non-hydrogen) atoms. The molecule has 0 radical (unpaired) electrons. The molecule has 0 saturated heterocycles. The molecule has 0 saturated carbocycles. The molecule has 0 bridgehead atoms. The van der Waals surface area contributed by atoms with Gasteiger partial charge in [0.25, 0.3) is 0 Å². The van der Waals surface area contributed by atoms with Gasteiger partial charge in [-0.2, -0.15) is 0 Å². The Balaban J connectivity index is 3.01. The number of hydrogen-bond donors (Lipinski definition) is 1. The van der Waals surface area contributed by atoms with E-state index in [1.165, 1.54) is 28.5 Å². The molecule has 1 aromatic rings. The molecule has 0 spiro atoms. The lowest BCUT2D eigenvalue weighted by molar-refractivity contribution is 0.562. The standard InChI is InChI=1S/C15H29N3S/c1-7-9-10-18(8-2)14-17-13(15(3,4)5)12(19-14)11-16-6/h16H,7-11H2,1-6H3. The highest BCUT2D eigenvalue weighted by atomic mass is 32.1. The van der Waals surface area contributed by atoms with Gasteiger partial charge in [-0.15, -0.1) is 11.3 Å². The van der Waals surface area contributed by atoms with Crippen LogP contribution in [0.2, 0.25) is 0 Å². The Morgan fingerprint density at radius 3 is 2.42 bits per heavy atom. The number of thiazole rings is 1. The molecule has 0 fully saturated rings. The van der Waals surface area contributed by atoms with Crippen LogP contribution in [0.4, 0.5) is 5.13 Å². The quantitative estimate of drug-likeness (QED) is 0.825. The van der Waals surface area contributed by atoms with Crippen molar-refractivity contribution in [3.63, 3.8) is 0 Å². The second kappa shape index (κ2) is 7.25. The van der Waals surface area contributed by atoms with Crippen molar-refractivity contribution < 1.29 is 0 Å². The molecule has 4 heteroatoms. The number of aromatic nitrogens is 1. The van der Waals surface area contributed by atoms with Crippen molar-refractivity contribution in [3.8, 4) is 0 Å². The molecule has 0 amide bonds. The lowest BCUT2D eigenvalue weighted by Gasteiger charge is -2.20. The molecule has 1 heterocycles. The van der Waals surface area contributed by atoms with E-state index in [-0.39, 0.29) is 5.41 Å². The number of hydrogen-bond acceptors (Lipinski definition) is 4. The fourth-order valence-electron chi connectivity index (χ4n) is 2.08. The summed E-state index contributed by atoms with van der Waals surface area (Å²) in [6.45, 7) is 14.2. The Labute approximate surface area is 122 Å². The number of anilines is 1. The van der Waals surface area contributed by atoms with E-state index in [0.29, 0.717) is 0 Å². The Morgan fingerprint density at radius 2 is 1.95 bits per heavy atom. The van der Waals surface area contributed by atoms with E-state index < -0.39 is 0 Å². The Kier molecular flexibility index (Phi) is 6.27. The van der Waals surface area contributed by atoms with Crippen LogP contribution in [0.1, 0.15) is 58.0 Å². The van der Waals surface area contributed by atoms with Gasteiger partial charge in [-0.1, -0.05) is 34.1 Å². The van der Waals surface area contributed by atoms with Crippen molar-refractivity contribution in [2.24, 2.45) is 0 Å². The minimum Gasteiger partial charge on any atom is -0.348 e. The fraction of sp³-hybridized carbons (Fsp3) is 0.800. The Bertz CT molecular complexity index is 379. The summed E-state index contributed by atoms with van der Waals surface area (Å²) in [4.78, 5) is 8.71. The minimum atomic E-state index is 0.116. The number of rotatable bonds is 7. The lowest BCUT2D eigenvalue weighted by atomic mass is 9.91. The smallest absolute Gasteiger partial charge is 0.185 e. The fourth-order valence-corrected chi connectivity index (χ4v) is 3.45. The maximum absolute atomic E-state index is 4.93. The zero-order chi connectivity index (χ0) is 14.5. The maximum atomic E-state index is 4.93. The SMILES string of the molecule is CCCCN(CC)c1nc(C(C)(C)C)c(CNC)s1. The minimum absolute atomic E-state index is 0.116. The van der Waals surface area contributed by atoms with Crippen molar-refractivity contribution in [1.82, 2.24) is 10.3 Å². The van der Waals surface area contributed by atoms with Crippen molar-refractivity contribution in [1.29, 1.82) is 0 Å². The first-order valence-corrected chi connectivity index (χ1v) is 8.15. The molecule has 1 aromatic heterocycles. The van der Waals surface area contributed by atoms with Crippen LogP contribution < -0.4 is 10.2 Å². The third-order valence-electron chi connectivity index (χ3n) is 3.17. The summed E-state index contributed by atoms with van der Waals surface area (Å²) in [6, 6.07) is 0. The predicted octanol–water partition coefficient (Wildman–Crippen LogP) is 3.79. The van der Waals surface area contributed by atoms with Crippen LogP contribution in [0.3, 0.4) is 0 Å². The lowest BCUT2D eigenvalue weighted by Crippen LogP contribution is -2.24. The van der Waals surface area contributed by atoms with Gasteiger partial charge in [-0.3, -0.25) is 0 Å². The molecule has 3 nitrogen and oxygen atoms in total. The predicted molar refractivity (Wildman–Crippen MR) is 86.4 cm³/mol. The van der Waals surface area contributed by atoms with E-state index in [4.69, 9.17) is 4.98 Å². The van der Waals surface area contributed by atoms with Crippen molar-refractivity contribution in [3.05, 3.63) is 10.6 Å². The van der Waals surface area contributed by atoms with Crippen LogP contribution in [0, 0.1) is 0 Å². The summed E-state index contributed by atoms with van der Waals surface area (Å²) in [5.41, 5.74) is 1.36. The van der Waals surface area contributed by atoms with Crippen molar-refractivity contribution in [2.45, 2.75) is 59.4 Å². The zero-order valence-electron chi connectivity index (χ0n) is 13.3. The van der Waals surface area contributed by atoms with Gasteiger partial charge >= 0.3 is 0 Å². The topological polar surface area (TPSA) is 28.2 Å². The first-order valence-electron chi connectivity index (χ1n) is 7.33. The van der Waals surface area contributed by atoms with Gasteiger partial charge < -0.3 is 10.2 Å². The first kappa shape index (κ1) is 16.4. The monoisotopic (exact) mass is 283 g/mol. The van der Waals surface area contributed by atoms with Crippen LogP contribution in [0.25, 0.3) is 0 Å². The highest BCUT2D eigenvalue weighted by Gasteiger charge is 2.24. The van der Waals surface area contributed by atoms with Crippen LogP contribution in [0.15, 0.2) is 0 Å². The van der Waals surface area contributed by atoms with E-state index >= 15 is 0 Å².